The summed E-state index contributed by atoms with van der Waals surface area (Å²) in [5.74, 6) is -4.10. The maximum atomic E-state index is 15.1. The van der Waals surface area contributed by atoms with Gasteiger partial charge in [0, 0.05) is 28.8 Å². The molecule has 2 aliphatic carbocycles. The molecule has 4 heterocycles. The molecular formula is C41H35ClN4O6S. The van der Waals surface area contributed by atoms with Crippen LogP contribution in [0, 0.1) is 36.0 Å². The van der Waals surface area contributed by atoms with Gasteiger partial charge in [0.05, 0.1) is 40.8 Å². The molecule has 4 amide bonds. The minimum atomic E-state index is -1.28. The molecule has 10 nitrogen and oxygen atoms in total. The molecule has 2 saturated heterocycles. The maximum Gasteiger partial charge on any atom is 0.242 e. The molecule has 3 fully saturated rings. The number of aromatic nitrogens is 2. The van der Waals surface area contributed by atoms with Gasteiger partial charge in [-0.3, -0.25) is 28.8 Å². The third-order valence-electron chi connectivity index (χ3n) is 12.0. The van der Waals surface area contributed by atoms with E-state index >= 15 is 4.79 Å². The van der Waals surface area contributed by atoms with Crippen LogP contribution in [-0.4, -0.2) is 45.6 Å². The molecule has 1 saturated carbocycles. The predicted molar refractivity (Wildman–Crippen MR) is 202 cm³/mol. The zero-order valence-electron chi connectivity index (χ0n) is 29.4. The number of imide groups is 2. The number of phenols is 1. The standard InChI is InChI=1S/C41H35ClN4O6S/c1-20-26-17-22(42)11-15-32(26)53-36(20)29-19-33(44(3)43-29)46-38(49)28-18-27-24(35(41(28,2)40(46)51)21-10-14-31(52-4)30(47)16-21)12-13-25-34(27)39(50)45(37(25)48)23-8-6-5-7-9-23/h5-12,14-17,19,25,27-28,34-35,47H,13,18H2,1-4H3. The van der Waals surface area contributed by atoms with E-state index in [-0.39, 0.29) is 41.5 Å². The van der Waals surface area contributed by atoms with Gasteiger partial charge in [-0.05, 0) is 91.6 Å². The van der Waals surface area contributed by atoms with E-state index in [4.69, 9.17) is 21.4 Å². The third kappa shape index (κ3) is 4.66. The number of aryl methyl sites for hydroxylation is 2. The molecule has 6 atom stereocenters. The fraction of sp³-hybridized carbons (Fsp3) is 0.293. The number of rotatable bonds is 5. The average Bonchev–Trinajstić information content (AvgIpc) is 3.82. The first-order valence-corrected chi connectivity index (χ1v) is 18.7. The maximum absolute atomic E-state index is 15.1. The van der Waals surface area contributed by atoms with Crippen molar-refractivity contribution in [2.24, 2.45) is 36.1 Å². The molecule has 0 bridgehead atoms. The number of ether oxygens (including phenoxy) is 1. The highest BCUT2D eigenvalue weighted by molar-refractivity contribution is 7.22. The van der Waals surface area contributed by atoms with Gasteiger partial charge >= 0.3 is 0 Å². The number of carbonyl (C=O) groups is 4. The summed E-state index contributed by atoms with van der Waals surface area (Å²) in [6.07, 6.45) is 2.53. The number of thiophene rings is 1. The molecule has 6 unspecified atom stereocenters. The Balaban J connectivity index is 1.16. The van der Waals surface area contributed by atoms with Crippen molar-refractivity contribution in [3.8, 4) is 22.1 Å². The first-order valence-electron chi connectivity index (χ1n) is 17.5. The molecule has 53 heavy (non-hydrogen) atoms. The van der Waals surface area contributed by atoms with E-state index in [9.17, 15) is 19.5 Å². The molecule has 5 aromatic rings. The lowest BCUT2D eigenvalue weighted by Gasteiger charge is -2.49. The summed E-state index contributed by atoms with van der Waals surface area (Å²) < 4.78 is 7.96. The molecule has 268 valence electrons. The zero-order chi connectivity index (χ0) is 37.1. The van der Waals surface area contributed by atoms with Crippen LogP contribution < -0.4 is 14.5 Å². The second-order valence-electron chi connectivity index (χ2n) is 14.6. The number of para-hydroxylation sites is 1. The van der Waals surface area contributed by atoms with Crippen LogP contribution in [0.25, 0.3) is 20.7 Å². The van der Waals surface area contributed by atoms with Crippen LogP contribution in [0.2, 0.25) is 5.02 Å². The molecule has 4 aliphatic rings. The van der Waals surface area contributed by atoms with Crippen molar-refractivity contribution in [2.45, 2.75) is 32.6 Å². The Bertz CT molecular complexity index is 2450. The number of carbonyl (C=O) groups excluding carboxylic acids is 4. The van der Waals surface area contributed by atoms with E-state index in [1.807, 2.05) is 44.2 Å². The summed E-state index contributed by atoms with van der Waals surface area (Å²) >= 11 is 7.88. The van der Waals surface area contributed by atoms with Gasteiger partial charge in [0.25, 0.3) is 0 Å². The lowest BCUT2D eigenvalue weighted by atomic mass is 9.51. The van der Waals surface area contributed by atoms with Crippen molar-refractivity contribution in [1.29, 1.82) is 0 Å². The first kappa shape index (κ1) is 33.6. The van der Waals surface area contributed by atoms with E-state index < -0.39 is 35.0 Å². The third-order valence-corrected chi connectivity index (χ3v) is 13.6. The SMILES string of the molecule is COc1ccc(C2C3=CCC4C(=O)N(c5ccccc5)C(=O)C4C3CC3C(=O)N(c4cc(-c5sc6ccc(Cl)cc6c5C)nn4C)C(=O)C32C)cc1O. The molecular weight excluding hydrogens is 712 g/mol. The highest BCUT2D eigenvalue weighted by atomic mass is 35.5. The Kier molecular flexibility index (Phi) is 7.52. The number of hydrogen-bond donors (Lipinski definition) is 1. The van der Waals surface area contributed by atoms with Gasteiger partial charge in [0.15, 0.2) is 11.5 Å². The number of nitrogens with zero attached hydrogens (tertiary/aromatic N) is 4. The summed E-state index contributed by atoms with van der Waals surface area (Å²) in [6, 6.07) is 21.5. The number of anilines is 2. The van der Waals surface area contributed by atoms with Crippen LogP contribution in [0.3, 0.4) is 0 Å². The number of fused-ring (bicyclic) bond motifs is 5. The Morgan fingerprint density at radius 2 is 1.72 bits per heavy atom. The minimum Gasteiger partial charge on any atom is -0.504 e. The number of phenolic OH excluding ortho intramolecular Hbond substituents is 1. The van der Waals surface area contributed by atoms with E-state index in [0.29, 0.717) is 34.2 Å². The van der Waals surface area contributed by atoms with Crippen molar-refractivity contribution in [1.82, 2.24) is 9.78 Å². The number of hydrogen-bond acceptors (Lipinski definition) is 8. The molecule has 2 aromatic heterocycles. The monoisotopic (exact) mass is 746 g/mol. The lowest BCUT2D eigenvalue weighted by Crippen LogP contribution is -2.48. The Morgan fingerprint density at radius 3 is 2.45 bits per heavy atom. The zero-order valence-corrected chi connectivity index (χ0v) is 30.9. The summed E-state index contributed by atoms with van der Waals surface area (Å²) in [5, 5.41) is 17.4. The average molecular weight is 747 g/mol. The van der Waals surface area contributed by atoms with E-state index in [0.717, 1.165) is 26.1 Å². The summed E-state index contributed by atoms with van der Waals surface area (Å²) in [5.41, 5.74) is 2.31. The number of methoxy groups -OCH3 is 1. The molecule has 0 radical (unpaired) electrons. The van der Waals surface area contributed by atoms with Gasteiger partial charge in [0.1, 0.15) is 11.5 Å². The fourth-order valence-electron chi connectivity index (χ4n) is 9.55. The van der Waals surface area contributed by atoms with Crippen LogP contribution in [-0.2, 0) is 26.2 Å². The van der Waals surface area contributed by atoms with E-state index in [1.165, 1.54) is 16.9 Å². The molecule has 1 N–H and O–H groups in total. The van der Waals surface area contributed by atoms with Crippen LogP contribution in [0.1, 0.15) is 36.8 Å². The van der Waals surface area contributed by atoms with Crippen LogP contribution in [0.15, 0.2) is 84.4 Å². The Hall–Kier alpha value is -5.26. The second kappa shape index (κ2) is 11.9. The number of benzene rings is 3. The van der Waals surface area contributed by atoms with Gasteiger partial charge in [-0.1, -0.05) is 47.5 Å². The number of allylic oxidation sites excluding steroid dienone is 2. The van der Waals surface area contributed by atoms with E-state index in [2.05, 4.69) is 0 Å². The van der Waals surface area contributed by atoms with Gasteiger partial charge in [-0.2, -0.15) is 5.10 Å². The predicted octanol–water partition coefficient (Wildman–Crippen LogP) is 7.41. The smallest absolute Gasteiger partial charge is 0.242 e. The van der Waals surface area contributed by atoms with Crippen molar-refractivity contribution in [3.05, 3.63) is 101 Å². The van der Waals surface area contributed by atoms with E-state index in [1.54, 1.807) is 71.6 Å². The highest BCUT2D eigenvalue weighted by Gasteiger charge is 2.68. The molecule has 0 spiro atoms. The fourth-order valence-corrected chi connectivity index (χ4v) is 10.9. The van der Waals surface area contributed by atoms with Gasteiger partial charge in [-0.15, -0.1) is 11.3 Å². The van der Waals surface area contributed by atoms with Crippen LogP contribution in [0.5, 0.6) is 11.5 Å². The molecule has 2 aliphatic heterocycles. The Morgan fingerprint density at radius 1 is 0.943 bits per heavy atom. The van der Waals surface area contributed by atoms with Crippen molar-refractivity contribution in [3.63, 3.8) is 0 Å². The van der Waals surface area contributed by atoms with Gasteiger partial charge in [-0.25, -0.2) is 4.90 Å². The quantitative estimate of drug-likeness (QED) is 0.147. The molecule has 9 rings (SSSR count). The first-order chi connectivity index (χ1) is 25.4. The Labute approximate surface area is 314 Å². The summed E-state index contributed by atoms with van der Waals surface area (Å²) in [7, 11) is 3.18. The minimum absolute atomic E-state index is 0.103. The largest absolute Gasteiger partial charge is 0.504 e. The number of amides is 4. The normalized spacial score (nSPS) is 26.6. The summed E-state index contributed by atoms with van der Waals surface area (Å²) in [6.45, 7) is 3.83. The van der Waals surface area contributed by atoms with Crippen molar-refractivity contribution >= 4 is 68.2 Å². The van der Waals surface area contributed by atoms with Crippen LogP contribution >= 0.6 is 22.9 Å². The molecule has 12 heteroatoms. The number of aromatic hydroxyl groups is 1. The van der Waals surface area contributed by atoms with Crippen molar-refractivity contribution in [2.75, 3.05) is 16.9 Å². The van der Waals surface area contributed by atoms with Gasteiger partial charge < -0.3 is 9.84 Å². The number of halogens is 1. The lowest BCUT2D eigenvalue weighted by molar-refractivity contribution is -0.131. The highest BCUT2D eigenvalue weighted by Crippen LogP contribution is 2.64. The second-order valence-corrected chi connectivity index (χ2v) is 16.1. The topological polar surface area (TPSA) is 122 Å². The van der Waals surface area contributed by atoms with Crippen molar-refractivity contribution < 1.29 is 29.0 Å². The van der Waals surface area contributed by atoms with Gasteiger partial charge in [0.2, 0.25) is 23.6 Å². The molecule has 3 aromatic carbocycles. The summed E-state index contributed by atoms with van der Waals surface area (Å²) in [4.78, 5) is 61.6. The van der Waals surface area contributed by atoms with Crippen LogP contribution in [0.4, 0.5) is 11.5 Å².